The lowest BCUT2D eigenvalue weighted by molar-refractivity contribution is -0.937. The van der Waals surface area contributed by atoms with Crippen LogP contribution in [0.4, 0.5) is 0 Å². The average molecular weight is 951 g/mol. The number of likely N-dealkylation sites (N-methyl/N-ethyl adjacent to an activating group) is 1. The van der Waals surface area contributed by atoms with Crippen LogP contribution in [0.5, 0.6) is 17.2 Å². The lowest BCUT2D eigenvalue weighted by Crippen LogP contribution is -2.49. The maximum Gasteiger partial charge on any atom is 0.472 e. The normalized spacial score (nSPS) is 18.3. The lowest BCUT2D eigenvalue weighted by atomic mass is 9.67. The Morgan fingerprint density at radius 1 is 0.881 bits per heavy atom. The molecule has 1 unspecified atom stereocenters. The summed E-state index contributed by atoms with van der Waals surface area (Å²) in [7, 11) is -3.17. The van der Waals surface area contributed by atoms with Gasteiger partial charge in [0.15, 0.2) is 18.3 Å². The average Bonchev–Trinajstić information content (AvgIpc) is 3.86. The van der Waals surface area contributed by atoms with E-state index in [9.17, 15) is 29.5 Å². The van der Waals surface area contributed by atoms with E-state index in [-0.39, 0.29) is 24.6 Å². The molecule has 0 radical (unpaired) electrons. The number of carbonyl (C=O) groups excluding carboxylic acids is 1. The Bertz CT molecular complexity index is 2010. The molecule has 67 heavy (non-hydrogen) atoms. The highest BCUT2D eigenvalue weighted by Gasteiger charge is 2.40. The third kappa shape index (κ3) is 17.5. The molecule has 3 aromatic carbocycles. The van der Waals surface area contributed by atoms with Gasteiger partial charge in [-0.15, -0.1) is 0 Å². The first-order valence-corrected chi connectivity index (χ1v) is 26.2. The van der Waals surface area contributed by atoms with Crippen molar-refractivity contribution in [1.82, 2.24) is 5.32 Å². The Hall–Kier alpha value is -4.03. The summed E-state index contributed by atoms with van der Waals surface area (Å²) in [5, 5.41) is 25.0. The minimum absolute atomic E-state index is 0.150. The summed E-state index contributed by atoms with van der Waals surface area (Å²) >= 11 is 0. The molecule has 0 bridgehead atoms. The standard InChI is InChI=1S/C52H76N3O11P/c1-4-55(5-2,31-34-63-51(57)42-26-28-52(39-53,29-27-42)45-24-25-48(61-3)50(36-45)66-46-20-11-12-21-46)38-44-23-22-43(35-49(44)64-40-65-67(58,59)60)47(56)37-54-30-14-6-7-15-32-62-33-16-13-19-41-17-9-8-10-18-41/h8-10,17-18,22-25,35-36,42,46-47,54,56H,4-7,11-16,19-21,26-34,37-38,40H2,1-3H3,(H-,58,59,60)/p+1/t42-,47?,52+. The van der Waals surface area contributed by atoms with Gasteiger partial charge in [0.25, 0.3) is 0 Å². The Kier molecular flexibility index (Phi) is 22.4. The van der Waals surface area contributed by atoms with Crippen LogP contribution in [0.3, 0.4) is 0 Å². The van der Waals surface area contributed by atoms with Crippen molar-refractivity contribution in [2.45, 2.75) is 134 Å². The number of aryl methyl sites for hydroxylation is 1. The van der Waals surface area contributed by atoms with Gasteiger partial charge >= 0.3 is 13.8 Å². The molecule has 2 fully saturated rings. The third-order valence-corrected chi connectivity index (χ3v) is 14.3. The lowest BCUT2D eigenvalue weighted by Gasteiger charge is -2.37. The molecular weight excluding hydrogens is 874 g/mol. The molecule has 0 saturated heterocycles. The number of ether oxygens (including phenoxy) is 5. The van der Waals surface area contributed by atoms with Crippen LogP contribution in [-0.4, -0.2) is 97.9 Å². The molecule has 14 nitrogen and oxygen atoms in total. The number of nitriles is 1. The first kappa shape index (κ1) is 53.9. The van der Waals surface area contributed by atoms with Crippen LogP contribution < -0.4 is 19.5 Å². The number of methoxy groups -OCH3 is 1. The number of carbonyl (C=O) groups is 1. The van der Waals surface area contributed by atoms with E-state index >= 15 is 0 Å². The van der Waals surface area contributed by atoms with E-state index in [1.807, 2.05) is 36.4 Å². The SMILES string of the molecule is CC[N+](CC)(CCOC(=O)[C@H]1CC[C@@](C#N)(c2ccc(OC)c(OC3CCCC3)c2)CC1)Cc1ccc(C(O)CNCCCCCCOCCCCc2ccccc2)cc1OCOP(=O)(O)O. The maximum absolute atomic E-state index is 13.5. The minimum Gasteiger partial charge on any atom is -0.493 e. The highest BCUT2D eigenvalue weighted by Crippen LogP contribution is 2.45. The Labute approximate surface area is 399 Å². The number of phosphoric acid groups is 1. The van der Waals surface area contributed by atoms with Gasteiger partial charge in [-0.25, -0.2) is 9.09 Å². The van der Waals surface area contributed by atoms with Crippen molar-refractivity contribution in [1.29, 1.82) is 5.26 Å². The summed E-state index contributed by atoms with van der Waals surface area (Å²) in [5.74, 6) is 1.11. The van der Waals surface area contributed by atoms with Crippen LogP contribution in [-0.2, 0) is 41.7 Å². The number of nitrogens with one attached hydrogen (secondary N) is 1. The highest BCUT2D eigenvalue weighted by molar-refractivity contribution is 7.46. The first-order chi connectivity index (χ1) is 32.4. The Balaban J connectivity index is 1.07. The topological polar surface area (TPSA) is 186 Å². The number of esters is 1. The number of hydrogen-bond donors (Lipinski definition) is 4. The molecule has 5 rings (SSSR count). The second kappa shape index (κ2) is 27.8. The summed E-state index contributed by atoms with van der Waals surface area (Å²) in [5.41, 5.74) is 2.89. The number of benzene rings is 3. The van der Waals surface area contributed by atoms with Crippen LogP contribution in [0.15, 0.2) is 66.7 Å². The molecule has 370 valence electrons. The predicted molar refractivity (Wildman–Crippen MR) is 258 cm³/mol. The molecular formula is C52H77N3O11P+. The molecule has 2 aliphatic rings. The fourth-order valence-electron chi connectivity index (χ4n) is 9.37. The van der Waals surface area contributed by atoms with Crippen LogP contribution in [0.2, 0.25) is 0 Å². The van der Waals surface area contributed by atoms with Crippen LogP contribution in [0.25, 0.3) is 0 Å². The van der Waals surface area contributed by atoms with Crippen molar-refractivity contribution in [2.24, 2.45) is 5.92 Å². The summed E-state index contributed by atoms with van der Waals surface area (Å²) < 4.78 is 46.2. The van der Waals surface area contributed by atoms with E-state index in [1.54, 1.807) is 13.2 Å². The van der Waals surface area contributed by atoms with Crippen molar-refractivity contribution in [2.75, 3.05) is 66.4 Å². The van der Waals surface area contributed by atoms with E-state index in [0.717, 1.165) is 102 Å². The van der Waals surface area contributed by atoms with Crippen molar-refractivity contribution >= 4 is 13.8 Å². The van der Waals surface area contributed by atoms with Crippen molar-refractivity contribution in [3.63, 3.8) is 0 Å². The highest BCUT2D eigenvalue weighted by atomic mass is 31.2. The van der Waals surface area contributed by atoms with E-state index in [2.05, 4.69) is 54.0 Å². The zero-order valence-electron chi connectivity index (χ0n) is 40.2. The summed E-state index contributed by atoms with van der Waals surface area (Å²) in [6.07, 6.45) is 13.2. The number of phosphoric ester groups is 1. The summed E-state index contributed by atoms with van der Waals surface area (Å²) in [6, 6.07) is 24.3. The Morgan fingerprint density at radius 3 is 2.28 bits per heavy atom. The van der Waals surface area contributed by atoms with E-state index in [1.165, 1.54) is 5.56 Å². The zero-order chi connectivity index (χ0) is 48.0. The van der Waals surface area contributed by atoms with Gasteiger partial charge in [-0.3, -0.25) is 4.79 Å². The molecule has 3 aromatic rings. The van der Waals surface area contributed by atoms with Crippen LogP contribution in [0.1, 0.15) is 132 Å². The molecule has 0 heterocycles. The first-order valence-electron chi connectivity index (χ1n) is 24.7. The largest absolute Gasteiger partial charge is 0.493 e. The molecule has 0 aliphatic heterocycles. The summed E-state index contributed by atoms with van der Waals surface area (Å²) in [4.78, 5) is 32.2. The number of hydrogen-bond acceptors (Lipinski definition) is 11. The van der Waals surface area contributed by atoms with Gasteiger partial charge in [0, 0.05) is 25.3 Å². The smallest absolute Gasteiger partial charge is 0.472 e. The summed E-state index contributed by atoms with van der Waals surface area (Å²) in [6.45, 7) is 8.76. The maximum atomic E-state index is 13.5. The van der Waals surface area contributed by atoms with Crippen molar-refractivity contribution < 1.29 is 56.9 Å². The molecule has 0 aromatic heterocycles. The second-order valence-electron chi connectivity index (χ2n) is 18.3. The fourth-order valence-corrected chi connectivity index (χ4v) is 9.56. The number of aliphatic hydroxyl groups excluding tert-OH is 1. The van der Waals surface area contributed by atoms with Crippen LogP contribution >= 0.6 is 7.82 Å². The van der Waals surface area contributed by atoms with Gasteiger partial charge in [-0.05, 0) is 145 Å². The molecule has 4 N–H and O–H groups in total. The predicted octanol–water partition coefficient (Wildman–Crippen LogP) is 9.24. The quantitative estimate of drug-likeness (QED) is 0.0157. The molecule has 0 spiro atoms. The second-order valence-corrected chi connectivity index (χ2v) is 19.6. The number of unbranched alkanes of at least 4 members (excludes halogenated alkanes) is 4. The van der Waals surface area contributed by atoms with Crippen molar-refractivity contribution in [3.8, 4) is 23.3 Å². The Morgan fingerprint density at radius 2 is 1.60 bits per heavy atom. The monoisotopic (exact) mass is 951 g/mol. The molecule has 15 heteroatoms. The number of aliphatic hydroxyl groups is 1. The minimum atomic E-state index is -4.79. The molecule has 2 saturated carbocycles. The third-order valence-electron chi connectivity index (χ3n) is 13.8. The number of nitrogens with zero attached hydrogens (tertiary/aromatic N) is 2. The molecule has 1 atom stereocenters. The van der Waals surface area contributed by atoms with Gasteiger partial charge in [-0.2, -0.15) is 5.26 Å². The van der Waals surface area contributed by atoms with Crippen molar-refractivity contribution in [3.05, 3.63) is 89.0 Å². The molecule has 0 amide bonds. The molecule has 2 aliphatic carbocycles. The van der Waals surface area contributed by atoms with E-state index < -0.39 is 26.1 Å². The number of quaternary nitrogens is 1. The van der Waals surface area contributed by atoms with Gasteiger partial charge in [0.1, 0.15) is 25.4 Å². The van der Waals surface area contributed by atoms with E-state index in [4.69, 9.17) is 23.7 Å². The van der Waals surface area contributed by atoms with Gasteiger partial charge < -0.3 is 48.4 Å². The van der Waals surface area contributed by atoms with E-state index in [0.29, 0.717) is 85.7 Å². The van der Waals surface area contributed by atoms with Crippen LogP contribution in [0, 0.1) is 17.2 Å². The van der Waals surface area contributed by atoms with Gasteiger partial charge in [-0.1, -0.05) is 55.3 Å². The van der Waals surface area contributed by atoms with Gasteiger partial charge in [0.2, 0.25) is 0 Å². The fraction of sp³-hybridized carbons (Fsp3) is 0.615. The van der Waals surface area contributed by atoms with Gasteiger partial charge in [0.05, 0.1) is 49.8 Å². The zero-order valence-corrected chi connectivity index (χ0v) is 41.1. The number of rotatable bonds is 31.